The first-order valence-electron chi connectivity index (χ1n) is 8.11. The largest absolute Gasteiger partial charge is 0.370 e. The predicted octanol–water partition coefficient (Wildman–Crippen LogP) is 3.17. The molecule has 0 saturated carbocycles. The molecule has 1 unspecified atom stereocenters. The van der Waals surface area contributed by atoms with Gasteiger partial charge < -0.3 is 16.0 Å². The van der Waals surface area contributed by atoms with Gasteiger partial charge in [-0.2, -0.15) is 0 Å². The highest BCUT2D eigenvalue weighted by molar-refractivity contribution is 5.92. The molecule has 23 heavy (non-hydrogen) atoms. The van der Waals surface area contributed by atoms with Gasteiger partial charge in [0, 0.05) is 24.0 Å². The molecule has 0 aliphatic carbocycles. The van der Waals surface area contributed by atoms with Gasteiger partial charge in [0.15, 0.2) is 5.96 Å². The van der Waals surface area contributed by atoms with E-state index in [9.17, 15) is 0 Å². The SMILES string of the molecule is Cc1cccc(NC(N)=NCCN2c3ccccc3CC2C)c1. The summed E-state index contributed by atoms with van der Waals surface area (Å²) >= 11 is 0. The Morgan fingerprint density at radius 2 is 2.09 bits per heavy atom. The summed E-state index contributed by atoms with van der Waals surface area (Å²) in [5, 5.41) is 3.15. The molecular formula is C19H24N4. The van der Waals surface area contributed by atoms with Crippen molar-refractivity contribution in [2.45, 2.75) is 26.3 Å². The van der Waals surface area contributed by atoms with Gasteiger partial charge in [-0.15, -0.1) is 0 Å². The van der Waals surface area contributed by atoms with Gasteiger partial charge in [-0.25, -0.2) is 0 Å². The highest BCUT2D eigenvalue weighted by atomic mass is 15.2. The summed E-state index contributed by atoms with van der Waals surface area (Å²) in [5.41, 5.74) is 10.9. The molecule has 4 heteroatoms. The Morgan fingerprint density at radius 1 is 1.26 bits per heavy atom. The van der Waals surface area contributed by atoms with Gasteiger partial charge in [-0.1, -0.05) is 30.3 Å². The second kappa shape index (κ2) is 6.73. The number of nitrogens with zero attached hydrogens (tertiary/aromatic N) is 2. The van der Waals surface area contributed by atoms with Gasteiger partial charge in [0.1, 0.15) is 0 Å². The van der Waals surface area contributed by atoms with Crippen LogP contribution in [0.15, 0.2) is 53.5 Å². The fraction of sp³-hybridized carbons (Fsp3) is 0.316. The third-order valence-corrected chi connectivity index (χ3v) is 4.26. The number of guanidine groups is 1. The predicted molar refractivity (Wildman–Crippen MR) is 98.2 cm³/mol. The lowest BCUT2D eigenvalue weighted by Crippen LogP contribution is -2.32. The standard InChI is InChI=1S/C19H24N4/c1-14-6-5-8-17(12-14)22-19(20)21-10-11-23-15(2)13-16-7-3-4-9-18(16)23/h3-9,12,15H,10-11,13H2,1-2H3,(H3,20,21,22). The van der Waals surface area contributed by atoms with Gasteiger partial charge >= 0.3 is 0 Å². The number of para-hydroxylation sites is 1. The van der Waals surface area contributed by atoms with E-state index in [2.05, 4.69) is 65.5 Å². The van der Waals surface area contributed by atoms with Crippen molar-refractivity contribution in [1.82, 2.24) is 0 Å². The maximum atomic E-state index is 5.99. The maximum Gasteiger partial charge on any atom is 0.193 e. The average Bonchev–Trinajstić information content (AvgIpc) is 2.83. The summed E-state index contributed by atoms with van der Waals surface area (Å²) < 4.78 is 0. The summed E-state index contributed by atoms with van der Waals surface area (Å²) in [6, 6.07) is 17.2. The highest BCUT2D eigenvalue weighted by Gasteiger charge is 2.24. The molecule has 120 valence electrons. The molecule has 0 saturated heterocycles. The Hall–Kier alpha value is -2.49. The Balaban J connectivity index is 1.58. The van der Waals surface area contributed by atoms with Crippen LogP contribution in [-0.2, 0) is 6.42 Å². The Kier molecular flexibility index (Phi) is 4.51. The van der Waals surface area contributed by atoms with E-state index in [-0.39, 0.29) is 0 Å². The lowest BCUT2D eigenvalue weighted by molar-refractivity contribution is 0.674. The topological polar surface area (TPSA) is 53.6 Å². The molecule has 3 N–H and O–H groups in total. The Labute approximate surface area is 138 Å². The fourth-order valence-electron chi connectivity index (χ4n) is 3.16. The monoisotopic (exact) mass is 308 g/mol. The zero-order chi connectivity index (χ0) is 16.2. The first-order chi connectivity index (χ1) is 11.1. The van der Waals surface area contributed by atoms with Crippen LogP contribution >= 0.6 is 0 Å². The van der Waals surface area contributed by atoms with Gasteiger partial charge in [0.05, 0.1) is 6.54 Å². The molecule has 1 aliphatic rings. The first kappa shape index (κ1) is 15.4. The van der Waals surface area contributed by atoms with Gasteiger partial charge in [-0.3, -0.25) is 4.99 Å². The smallest absolute Gasteiger partial charge is 0.193 e. The summed E-state index contributed by atoms with van der Waals surface area (Å²) in [4.78, 5) is 6.88. The Morgan fingerprint density at radius 3 is 2.91 bits per heavy atom. The summed E-state index contributed by atoms with van der Waals surface area (Å²) in [6.07, 6.45) is 1.11. The molecule has 0 bridgehead atoms. The zero-order valence-electron chi connectivity index (χ0n) is 13.8. The van der Waals surface area contributed by atoms with Crippen LogP contribution in [-0.4, -0.2) is 25.1 Å². The average molecular weight is 308 g/mol. The molecule has 2 aromatic carbocycles. The maximum absolute atomic E-state index is 5.99. The van der Waals surface area contributed by atoms with E-state index in [4.69, 9.17) is 5.73 Å². The van der Waals surface area contributed by atoms with Gasteiger partial charge in [0.25, 0.3) is 0 Å². The van der Waals surface area contributed by atoms with Gasteiger partial charge in [-0.05, 0) is 49.6 Å². The summed E-state index contributed by atoms with van der Waals surface area (Å²) in [5.74, 6) is 0.468. The van der Waals surface area contributed by atoms with Crippen LogP contribution in [0.4, 0.5) is 11.4 Å². The van der Waals surface area contributed by atoms with Crippen molar-refractivity contribution in [3.63, 3.8) is 0 Å². The van der Waals surface area contributed by atoms with Crippen LogP contribution in [0.1, 0.15) is 18.1 Å². The van der Waals surface area contributed by atoms with Crippen LogP contribution in [0.25, 0.3) is 0 Å². The molecule has 1 atom stereocenters. The van der Waals surface area contributed by atoms with Crippen molar-refractivity contribution in [3.05, 3.63) is 59.7 Å². The first-order valence-corrected chi connectivity index (χ1v) is 8.11. The molecule has 0 amide bonds. The van der Waals surface area contributed by atoms with Crippen molar-refractivity contribution in [2.75, 3.05) is 23.3 Å². The number of aryl methyl sites for hydroxylation is 1. The van der Waals surface area contributed by atoms with E-state index in [1.807, 2.05) is 12.1 Å². The lowest BCUT2D eigenvalue weighted by Gasteiger charge is -2.24. The lowest BCUT2D eigenvalue weighted by atomic mass is 10.1. The van der Waals surface area contributed by atoms with Crippen molar-refractivity contribution < 1.29 is 0 Å². The third kappa shape index (κ3) is 3.65. The number of fused-ring (bicyclic) bond motifs is 1. The van der Waals surface area contributed by atoms with Crippen LogP contribution in [0.5, 0.6) is 0 Å². The summed E-state index contributed by atoms with van der Waals surface area (Å²) in [6.45, 7) is 5.89. The minimum atomic E-state index is 0.468. The molecule has 0 fully saturated rings. The number of nitrogens with one attached hydrogen (secondary N) is 1. The molecular weight excluding hydrogens is 284 g/mol. The molecule has 0 radical (unpaired) electrons. The summed E-state index contributed by atoms with van der Waals surface area (Å²) in [7, 11) is 0. The third-order valence-electron chi connectivity index (χ3n) is 4.26. The number of aliphatic imine (C=N–C) groups is 1. The number of hydrogen-bond donors (Lipinski definition) is 2. The fourth-order valence-corrected chi connectivity index (χ4v) is 3.16. The molecule has 2 aromatic rings. The van der Waals surface area contributed by atoms with Crippen LogP contribution in [0.3, 0.4) is 0 Å². The van der Waals surface area contributed by atoms with E-state index in [1.54, 1.807) is 0 Å². The van der Waals surface area contributed by atoms with E-state index >= 15 is 0 Å². The van der Waals surface area contributed by atoms with Gasteiger partial charge in [0.2, 0.25) is 0 Å². The zero-order valence-corrected chi connectivity index (χ0v) is 13.8. The number of hydrogen-bond acceptors (Lipinski definition) is 2. The number of rotatable bonds is 4. The van der Waals surface area contributed by atoms with Crippen molar-refractivity contribution in [1.29, 1.82) is 0 Å². The minimum absolute atomic E-state index is 0.468. The van der Waals surface area contributed by atoms with Crippen LogP contribution in [0, 0.1) is 6.92 Å². The number of benzene rings is 2. The molecule has 1 heterocycles. The van der Waals surface area contributed by atoms with Crippen LogP contribution < -0.4 is 16.0 Å². The minimum Gasteiger partial charge on any atom is -0.370 e. The van der Waals surface area contributed by atoms with Crippen molar-refractivity contribution in [2.24, 2.45) is 10.7 Å². The molecule has 4 nitrogen and oxygen atoms in total. The number of anilines is 2. The van der Waals surface area contributed by atoms with E-state index in [0.717, 1.165) is 18.7 Å². The van der Waals surface area contributed by atoms with Crippen LogP contribution in [0.2, 0.25) is 0 Å². The second-order valence-electron chi connectivity index (χ2n) is 6.14. The normalized spacial score (nSPS) is 17.2. The second-order valence-corrected chi connectivity index (χ2v) is 6.14. The van der Waals surface area contributed by atoms with E-state index in [1.165, 1.54) is 16.8 Å². The molecule has 0 spiro atoms. The van der Waals surface area contributed by atoms with E-state index < -0.39 is 0 Å². The van der Waals surface area contributed by atoms with E-state index in [0.29, 0.717) is 18.5 Å². The quantitative estimate of drug-likeness (QED) is 0.674. The Bertz CT molecular complexity index is 708. The van der Waals surface area contributed by atoms with Crippen molar-refractivity contribution >= 4 is 17.3 Å². The highest BCUT2D eigenvalue weighted by Crippen LogP contribution is 2.31. The molecule has 1 aliphatic heterocycles. The molecule has 0 aromatic heterocycles. The molecule has 3 rings (SSSR count). The number of nitrogens with two attached hydrogens (primary N) is 1. The van der Waals surface area contributed by atoms with Crippen molar-refractivity contribution in [3.8, 4) is 0 Å².